The van der Waals surface area contributed by atoms with Gasteiger partial charge in [0.15, 0.2) is 0 Å². The maximum absolute atomic E-state index is 12.9. The predicted molar refractivity (Wildman–Crippen MR) is 47.5 cm³/mol. The first-order valence-electron chi connectivity index (χ1n) is 3.85. The predicted octanol–water partition coefficient (Wildman–Crippen LogP) is 1.80. The van der Waals surface area contributed by atoms with E-state index in [0.29, 0.717) is 0 Å². The van der Waals surface area contributed by atoms with Gasteiger partial charge in [0.05, 0.1) is 17.7 Å². The van der Waals surface area contributed by atoms with Crippen molar-refractivity contribution in [2.24, 2.45) is 0 Å². The van der Waals surface area contributed by atoms with Crippen molar-refractivity contribution in [1.82, 2.24) is 0 Å². The number of methoxy groups -OCH3 is 1. The molecule has 0 aliphatic rings. The van der Waals surface area contributed by atoms with Gasteiger partial charge in [0.2, 0.25) is 5.82 Å². The second kappa shape index (κ2) is 4.36. The molecule has 6 nitrogen and oxygen atoms in total. The Labute approximate surface area is 83.8 Å². The fourth-order valence-electron chi connectivity index (χ4n) is 0.906. The molecule has 1 aromatic rings. The molecule has 0 saturated carbocycles. The Kier molecular flexibility index (Phi) is 3.17. The van der Waals surface area contributed by atoms with Crippen molar-refractivity contribution in [1.29, 1.82) is 0 Å². The van der Waals surface area contributed by atoms with Gasteiger partial charge in [-0.3, -0.25) is 5.32 Å². The lowest BCUT2D eigenvalue weighted by Crippen LogP contribution is -2.11. The number of rotatable bonds is 2. The summed E-state index contributed by atoms with van der Waals surface area (Å²) in [6, 6.07) is 3.13. The zero-order valence-corrected chi connectivity index (χ0v) is 7.73. The number of nitrogens with zero attached hydrogens (tertiary/aromatic N) is 1. The third-order valence-electron chi connectivity index (χ3n) is 1.58. The van der Waals surface area contributed by atoms with Crippen molar-refractivity contribution in [2.45, 2.75) is 0 Å². The summed E-state index contributed by atoms with van der Waals surface area (Å²) in [6.07, 6.45) is -0.761. The molecule has 0 atom stereocenters. The minimum atomic E-state index is -0.900. The van der Waals surface area contributed by atoms with Crippen molar-refractivity contribution < 1.29 is 24.1 Å². The van der Waals surface area contributed by atoms with Crippen LogP contribution in [0.25, 0.3) is 0 Å². The van der Waals surface area contributed by atoms with Crippen molar-refractivity contribution in [2.75, 3.05) is 12.4 Å². The molecule has 0 radical (unpaired) electrons. The Hall–Kier alpha value is -2.18. The van der Waals surface area contributed by atoms with E-state index in [4.69, 9.17) is 5.21 Å². The molecule has 2 N–H and O–H groups in total. The monoisotopic (exact) mass is 215 g/mol. The van der Waals surface area contributed by atoms with Crippen LogP contribution in [-0.4, -0.2) is 23.3 Å². The smallest absolute Gasteiger partial charge is 0.411 e. The Morgan fingerprint density at radius 2 is 2.27 bits per heavy atom. The highest BCUT2D eigenvalue weighted by molar-refractivity contribution is 5.84. The molecular weight excluding hydrogens is 207 g/mol. The molecule has 0 fully saturated rings. The molecular formula is C8H8FN2O4+. The number of benzene rings is 1. The van der Waals surface area contributed by atoms with Crippen LogP contribution in [0.1, 0.15) is 0 Å². The van der Waals surface area contributed by atoms with Gasteiger partial charge >= 0.3 is 11.8 Å². The molecule has 0 spiro atoms. The van der Waals surface area contributed by atoms with Crippen molar-refractivity contribution in [3.8, 4) is 0 Å². The largest absolute Gasteiger partial charge is 0.453 e. The quantitative estimate of drug-likeness (QED) is 0.737. The summed E-state index contributed by atoms with van der Waals surface area (Å²) in [6.45, 7) is 0. The van der Waals surface area contributed by atoms with Crippen LogP contribution in [-0.2, 0) is 4.74 Å². The summed E-state index contributed by atoms with van der Waals surface area (Å²) in [4.78, 5) is 20.6. The summed E-state index contributed by atoms with van der Waals surface area (Å²) in [7, 11) is 1.16. The summed E-state index contributed by atoms with van der Waals surface area (Å²) in [5.41, 5.74) is -0.461. The van der Waals surface area contributed by atoms with E-state index >= 15 is 0 Å². The van der Waals surface area contributed by atoms with E-state index < -0.39 is 22.5 Å². The first-order chi connectivity index (χ1) is 7.04. The van der Waals surface area contributed by atoms with Gasteiger partial charge in [-0.1, -0.05) is 0 Å². The van der Waals surface area contributed by atoms with E-state index in [9.17, 15) is 14.1 Å². The van der Waals surface area contributed by atoms with E-state index in [1.54, 1.807) is 0 Å². The standard InChI is InChI=1S/C8H7FN2O4/c1-15-8(12)10-5-2-3-6(9)7(4-5)11(13)14/h2-4H,1H3,(H-,10,12,13,14)/p+1. The highest BCUT2D eigenvalue weighted by Crippen LogP contribution is 2.21. The Morgan fingerprint density at radius 3 is 2.80 bits per heavy atom. The lowest BCUT2D eigenvalue weighted by Gasteiger charge is -2.01. The summed E-state index contributed by atoms with van der Waals surface area (Å²) in [5, 5.41) is 10.7. The first-order valence-corrected chi connectivity index (χ1v) is 3.85. The van der Waals surface area contributed by atoms with E-state index in [1.165, 1.54) is 6.07 Å². The van der Waals surface area contributed by atoms with Crippen LogP contribution >= 0.6 is 0 Å². The molecule has 0 aliphatic carbocycles. The Balaban J connectivity index is 2.97. The van der Waals surface area contributed by atoms with Crippen LogP contribution in [0.4, 0.5) is 20.6 Å². The summed E-state index contributed by atoms with van der Waals surface area (Å²) in [5.74, 6) is -0.900. The number of anilines is 1. The number of carbonyl (C=O) groups excluding carboxylic acids is 1. The topological polar surface area (TPSA) is 78.6 Å². The molecule has 1 rings (SSSR count). The van der Waals surface area contributed by atoms with Crippen molar-refractivity contribution in [3.05, 3.63) is 28.9 Å². The Bertz CT molecular complexity index is 408. The lowest BCUT2D eigenvalue weighted by molar-refractivity contribution is -0.730. The fraction of sp³-hybridized carbons (Fsp3) is 0.125. The van der Waals surface area contributed by atoms with Crippen LogP contribution < -0.4 is 5.32 Å². The number of nitrogens with one attached hydrogen (secondary N) is 1. The van der Waals surface area contributed by atoms with Crippen molar-refractivity contribution >= 4 is 17.5 Å². The van der Waals surface area contributed by atoms with Gasteiger partial charge in [-0.15, -0.1) is 0 Å². The van der Waals surface area contributed by atoms with E-state index in [1.807, 2.05) is 0 Å². The number of amides is 1. The maximum Gasteiger partial charge on any atom is 0.411 e. The maximum atomic E-state index is 12.9. The summed E-state index contributed by atoms with van der Waals surface area (Å²) >= 11 is 0. The molecule has 0 aromatic heterocycles. The van der Waals surface area contributed by atoms with Gasteiger partial charge in [0.25, 0.3) is 4.92 Å². The highest BCUT2D eigenvalue weighted by atomic mass is 19.1. The molecule has 0 saturated heterocycles. The van der Waals surface area contributed by atoms with Gasteiger partial charge in [-0.05, 0) is 12.1 Å². The fourth-order valence-corrected chi connectivity index (χ4v) is 0.906. The van der Waals surface area contributed by atoms with Gasteiger partial charge in [0.1, 0.15) is 0 Å². The summed E-state index contributed by atoms with van der Waals surface area (Å²) < 4.78 is 17.2. The number of hydrogen-bond acceptors (Lipinski definition) is 3. The molecule has 0 unspecified atom stereocenters. The minimum absolute atomic E-state index is 0.133. The van der Waals surface area contributed by atoms with E-state index in [2.05, 4.69) is 10.1 Å². The lowest BCUT2D eigenvalue weighted by atomic mass is 10.2. The molecule has 1 aromatic carbocycles. The molecule has 15 heavy (non-hydrogen) atoms. The zero-order valence-electron chi connectivity index (χ0n) is 7.73. The van der Waals surface area contributed by atoms with Gasteiger partial charge in [-0.2, -0.15) is 4.39 Å². The second-order valence-electron chi connectivity index (χ2n) is 2.56. The van der Waals surface area contributed by atoms with Crippen LogP contribution in [0.2, 0.25) is 0 Å². The van der Waals surface area contributed by atoms with Crippen LogP contribution in [0.15, 0.2) is 18.2 Å². The molecule has 0 aliphatic heterocycles. The molecule has 80 valence electrons. The SMILES string of the molecule is COC(=O)Nc1ccc(F)c([N+](=O)O)c1. The average Bonchev–Trinajstić information content (AvgIpc) is 2.20. The highest BCUT2D eigenvalue weighted by Gasteiger charge is 2.19. The number of ether oxygens (including phenoxy) is 1. The zero-order chi connectivity index (χ0) is 11.4. The molecule has 0 bridgehead atoms. The third-order valence-corrected chi connectivity index (χ3v) is 1.58. The molecule has 7 heteroatoms. The van der Waals surface area contributed by atoms with Crippen molar-refractivity contribution in [3.63, 3.8) is 0 Å². The van der Waals surface area contributed by atoms with Crippen LogP contribution in [0.5, 0.6) is 0 Å². The second-order valence-corrected chi connectivity index (χ2v) is 2.56. The minimum Gasteiger partial charge on any atom is -0.453 e. The number of halogens is 1. The van der Waals surface area contributed by atoms with E-state index in [-0.39, 0.29) is 5.69 Å². The van der Waals surface area contributed by atoms with Gasteiger partial charge in [-0.25, -0.2) is 10.0 Å². The van der Waals surface area contributed by atoms with Crippen LogP contribution in [0, 0.1) is 10.7 Å². The average molecular weight is 215 g/mol. The normalized spacial score (nSPS) is 9.47. The number of carbonyl (C=O) groups is 1. The number of hydrogen-bond donors (Lipinski definition) is 2. The molecule has 1 amide bonds. The van der Waals surface area contributed by atoms with Gasteiger partial charge in [0, 0.05) is 6.07 Å². The van der Waals surface area contributed by atoms with Crippen LogP contribution in [0.3, 0.4) is 0 Å². The van der Waals surface area contributed by atoms with E-state index in [0.717, 1.165) is 19.2 Å². The molecule has 0 heterocycles. The van der Waals surface area contributed by atoms with Gasteiger partial charge < -0.3 is 4.74 Å². The first kappa shape index (κ1) is 10.9. The third kappa shape index (κ3) is 2.63. The Morgan fingerprint density at radius 1 is 1.60 bits per heavy atom.